The maximum atomic E-state index is 11.5. The van der Waals surface area contributed by atoms with Gasteiger partial charge in [-0.15, -0.1) is 0 Å². The highest BCUT2D eigenvalue weighted by atomic mass is 16.5. The maximum absolute atomic E-state index is 11.5. The van der Waals surface area contributed by atoms with Crippen molar-refractivity contribution in [2.75, 3.05) is 13.2 Å². The van der Waals surface area contributed by atoms with Gasteiger partial charge in [-0.25, -0.2) is 0 Å². The molecule has 0 amide bonds. The van der Waals surface area contributed by atoms with E-state index in [-0.39, 0.29) is 25.0 Å². The van der Waals surface area contributed by atoms with Crippen LogP contribution in [0.1, 0.15) is 46.0 Å². The van der Waals surface area contributed by atoms with Crippen LogP contribution in [0.4, 0.5) is 0 Å². The van der Waals surface area contributed by atoms with E-state index in [4.69, 9.17) is 14.6 Å². The van der Waals surface area contributed by atoms with Crippen molar-refractivity contribution in [3.63, 3.8) is 0 Å². The highest BCUT2D eigenvalue weighted by Gasteiger charge is 2.30. The molecule has 0 radical (unpaired) electrons. The molecule has 0 bridgehead atoms. The predicted octanol–water partition coefficient (Wildman–Crippen LogP) is 4.97. The first-order valence-electron chi connectivity index (χ1n) is 13.2. The van der Waals surface area contributed by atoms with Crippen LogP contribution in [0.2, 0.25) is 0 Å². The van der Waals surface area contributed by atoms with Gasteiger partial charge in [0.1, 0.15) is 25.1 Å². The second kappa shape index (κ2) is 11.5. The minimum atomic E-state index is -0.991. The van der Waals surface area contributed by atoms with E-state index in [9.17, 15) is 15.0 Å². The quantitative estimate of drug-likeness (QED) is 0.258. The van der Waals surface area contributed by atoms with Crippen LogP contribution in [-0.2, 0) is 11.4 Å². The lowest BCUT2D eigenvalue weighted by Crippen LogP contribution is -2.22. The van der Waals surface area contributed by atoms with Gasteiger partial charge in [-0.1, -0.05) is 48.5 Å². The average molecular weight is 541 g/mol. The molecule has 0 saturated carbocycles. The summed E-state index contributed by atoms with van der Waals surface area (Å²) in [6.07, 6.45) is -0.939. The van der Waals surface area contributed by atoms with Gasteiger partial charge >= 0.3 is 12.0 Å². The van der Waals surface area contributed by atoms with Gasteiger partial charge in [0.25, 0.3) is 0 Å². The summed E-state index contributed by atoms with van der Waals surface area (Å²) in [5.41, 5.74) is 9.59. The van der Waals surface area contributed by atoms with Crippen LogP contribution in [0, 0.1) is 20.8 Å². The molecule has 206 valence electrons. The average Bonchev–Trinajstić information content (AvgIpc) is 3.24. The molecule has 4 aromatic rings. The number of hydrogen-bond donors (Lipinski definition) is 3. The molecule has 0 spiro atoms. The fourth-order valence-corrected chi connectivity index (χ4v) is 5.41. The number of nitrogens with zero attached hydrogens (tertiary/aromatic N) is 2. The molecular weight excluding hydrogens is 508 g/mol. The van der Waals surface area contributed by atoms with E-state index in [0.717, 1.165) is 61.6 Å². The molecule has 1 aromatic heterocycles. The lowest BCUT2D eigenvalue weighted by molar-refractivity contribution is -0.137. The lowest BCUT2D eigenvalue weighted by Gasteiger charge is -2.17. The van der Waals surface area contributed by atoms with Gasteiger partial charge in [-0.3, -0.25) is 4.79 Å². The Morgan fingerprint density at radius 2 is 1.60 bits per heavy atom. The Bertz CT molecular complexity index is 1540. The number of hydrogen-bond acceptors (Lipinski definition) is 7. The van der Waals surface area contributed by atoms with Crippen molar-refractivity contribution in [3.8, 4) is 34.0 Å². The summed E-state index contributed by atoms with van der Waals surface area (Å²) in [6.45, 7) is 5.70. The fraction of sp³-hybridized carbons (Fsp3) is 0.281. The molecular formula is C32H32N2O6. The number of benzene rings is 3. The number of aliphatic hydroxyl groups excluding tert-OH is 2. The zero-order chi connectivity index (χ0) is 28.4. The third-order valence-corrected chi connectivity index (χ3v) is 7.38. The third-order valence-electron chi connectivity index (χ3n) is 7.38. The van der Waals surface area contributed by atoms with Crippen molar-refractivity contribution >= 4 is 5.97 Å². The molecule has 2 atom stereocenters. The maximum Gasteiger partial charge on any atom is 0.316 e. The van der Waals surface area contributed by atoms with Crippen molar-refractivity contribution in [1.82, 2.24) is 9.97 Å². The van der Waals surface area contributed by atoms with Gasteiger partial charge in [0, 0.05) is 11.5 Å². The Hall–Kier alpha value is -4.27. The fourth-order valence-electron chi connectivity index (χ4n) is 5.41. The number of carboxylic acids is 1. The Labute approximate surface area is 232 Å². The van der Waals surface area contributed by atoms with Gasteiger partial charge in [-0.05, 0) is 71.8 Å². The first kappa shape index (κ1) is 27.3. The highest BCUT2D eigenvalue weighted by molar-refractivity contribution is 5.82. The molecule has 1 aliphatic rings. The zero-order valence-corrected chi connectivity index (χ0v) is 22.7. The first-order chi connectivity index (χ1) is 19.3. The second-order valence-electron chi connectivity index (χ2n) is 10.1. The van der Waals surface area contributed by atoms with Crippen molar-refractivity contribution in [2.45, 2.75) is 45.8 Å². The van der Waals surface area contributed by atoms with Crippen molar-refractivity contribution < 1.29 is 29.6 Å². The molecule has 1 heterocycles. The SMILES string of the molecule is Cc1nc(OC[C@H](O)CO)nc(C)c1-c1cccc(COc2ccc3c(c2)-c2ccccc2C3CC(=O)O)c1C. The summed E-state index contributed by atoms with van der Waals surface area (Å²) in [4.78, 5) is 20.5. The predicted molar refractivity (Wildman–Crippen MR) is 151 cm³/mol. The smallest absolute Gasteiger partial charge is 0.316 e. The van der Waals surface area contributed by atoms with Gasteiger partial charge in [0.05, 0.1) is 24.4 Å². The van der Waals surface area contributed by atoms with Crippen LogP contribution < -0.4 is 9.47 Å². The van der Waals surface area contributed by atoms with Gasteiger partial charge in [0.2, 0.25) is 0 Å². The number of carboxylic acid groups (broad SMARTS) is 1. The number of rotatable bonds is 10. The molecule has 8 heteroatoms. The summed E-state index contributed by atoms with van der Waals surface area (Å²) >= 11 is 0. The largest absolute Gasteiger partial charge is 0.489 e. The number of aryl methyl sites for hydroxylation is 2. The molecule has 40 heavy (non-hydrogen) atoms. The van der Waals surface area contributed by atoms with E-state index in [2.05, 4.69) is 9.97 Å². The van der Waals surface area contributed by atoms with Gasteiger partial charge < -0.3 is 24.8 Å². The van der Waals surface area contributed by atoms with Gasteiger partial charge in [0.15, 0.2) is 0 Å². The summed E-state index contributed by atoms with van der Waals surface area (Å²) in [6, 6.07) is 20.1. The number of aliphatic hydroxyl groups is 2. The van der Waals surface area contributed by atoms with Crippen molar-refractivity contribution in [2.24, 2.45) is 0 Å². The molecule has 3 N–H and O–H groups in total. The van der Waals surface area contributed by atoms with Crippen LogP contribution in [0.3, 0.4) is 0 Å². The zero-order valence-electron chi connectivity index (χ0n) is 22.7. The minimum Gasteiger partial charge on any atom is -0.489 e. The standard InChI is InChI=1S/C32H32N2O6/c1-18-21(7-6-10-24(18)31-19(2)33-32(34-20(31)3)40-17-22(36)15-35)16-39-23-11-12-27-28(13-23)25-8-4-5-9-26(25)29(27)14-30(37)38/h4-13,22,29,35-36H,14-17H2,1-3H3,(H,37,38)/t22-,29?/m1/s1. The van der Waals surface area contributed by atoms with Crippen molar-refractivity contribution in [1.29, 1.82) is 0 Å². The molecule has 3 aromatic carbocycles. The minimum absolute atomic E-state index is 0.0521. The lowest BCUT2D eigenvalue weighted by atomic mass is 9.94. The van der Waals surface area contributed by atoms with Crippen LogP contribution in [0.5, 0.6) is 11.8 Å². The molecule has 0 saturated heterocycles. The summed E-state index contributed by atoms with van der Waals surface area (Å²) in [5, 5.41) is 28.0. The van der Waals surface area contributed by atoms with Crippen LogP contribution >= 0.6 is 0 Å². The Kier molecular flexibility index (Phi) is 7.82. The Morgan fingerprint density at radius 3 is 2.33 bits per heavy atom. The molecule has 0 fully saturated rings. The van der Waals surface area contributed by atoms with Crippen LogP contribution in [0.15, 0.2) is 60.7 Å². The monoisotopic (exact) mass is 540 g/mol. The second-order valence-corrected chi connectivity index (χ2v) is 10.1. The van der Waals surface area contributed by atoms with Crippen LogP contribution in [-0.4, -0.2) is 50.6 Å². The molecule has 8 nitrogen and oxygen atoms in total. The highest BCUT2D eigenvalue weighted by Crippen LogP contribution is 2.47. The third kappa shape index (κ3) is 5.41. The molecule has 1 unspecified atom stereocenters. The normalized spacial score (nSPS) is 14.4. The van der Waals surface area contributed by atoms with E-state index in [0.29, 0.717) is 6.61 Å². The number of aliphatic carboxylic acids is 1. The Morgan fingerprint density at radius 1 is 0.900 bits per heavy atom. The summed E-state index contributed by atoms with van der Waals surface area (Å²) in [5.74, 6) is -0.264. The molecule has 5 rings (SSSR count). The van der Waals surface area contributed by atoms with Crippen LogP contribution in [0.25, 0.3) is 22.3 Å². The number of ether oxygens (including phenoxy) is 2. The number of fused-ring (bicyclic) bond motifs is 3. The van der Waals surface area contributed by atoms with Crippen molar-refractivity contribution in [3.05, 3.63) is 94.3 Å². The van der Waals surface area contributed by atoms with E-state index in [1.807, 2.05) is 81.4 Å². The molecule has 0 aliphatic heterocycles. The number of aromatic nitrogens is 2. The van der Waals surface area contributed by atoms with Gasteiger partial charge in [-0.2, -0.15) is 9.97 Å². The van der Waals surface area contributed by atoms with E-state index >= 15 is 0 Å². The topological polar surface area (TPSA) is 122 Å². The van der Waals surface area contributed by atoms with E-state index in [1.54, 1.807) is 0 Å². The van der Waals surface area contributed by atoms with E-state index < -0.39 is 18.7 Å². The first-order valence-corrected chi connectivity index (χ1v) is 13.2. The Balaban J connectivity index is 1.37. The number of carbonyl (C=O) groups is 1. The van der Waals surface area contributed by atoms with E-state index in [1.165, 1.54) is 0 Å². The summed E-state index contributed by atoms with van der Waals surface area (Å²) in [7, 11) is 0. The summed E-state index contributed by atoms with van der Waals surface area (Å²) < 4.78 is 11.7. The molecule has 1 aliphatic carbocycles.